The van der Waals surface area contributed by atoms with Gasteiger partial charge < -0.3 is 9.47 Å². The molecule has 0 aromatic heterocycles. The van der Waals surface area contributed by atoms with Gasteiger partial charge in [-0.1, -0.05) is 43.7 Å². The van der Waals surface area contributed by atoms with Crippen molar-refractivity contribution in [2.45, 2.75) is 39.7 Å². The molecule has 0 saturated carbocycles. The molecular formula is C19H23O2. The molecule has 0 bridgehead atoms. The van der Waals surface area contributed by atoms with E-state index in [1.54, 1.807) is 0 Å². The molecule has 111 valence electrons. The molecule has 0 unspecified atom stereocenters. The van der Waals surface area contributed by atoms with Crippen LogP contribution in [0, 0.1) is 6.07 Å². The number of unbranched alkanes of at least 4 members (excludes halogenated alkanes) is 1. The average Bonchev–Trinajstić information content (AvgIpc) is 2.48. The number of hydrogen-bond acceptors (Lipinski definition) is 2. The Morgan fingerprint density at radius 1 is 1.10 bits per heavy atom. The molecule has 2 rings (SSSR count). The van der Waals surface area contributed by atoms with Crippen molar-refractivity contribution in [3.8, 4) is 22.6 Å². The maximum atomic E-state index is 5.95. The van der Waals surface area contributed by atoms with E-state index in [9.17, 15) is 0 Å². The van der Waals surface area contributed by atoms with Gasteiger partial charge in [-0.15, -0.1) is 0 Å². The molecule has 2 nitrogen and oxygen atoms in total. The zero-order chi connectivity index (χ0) is 15.1. The van der Waals surface area contributed by atoms with Gasteiger partial charge in [-0.25, -0.2) is 0 Å². The Hall–Kier alpha value is -1.96. The third-order valence-electron chi connectivity index (χ3n) is 3.09. The van der Waals surface area contributed by atoms with Gasteiger partial charge in [0.05, 0.1) is 18.3 Å². The predicted molar refractivity (Wildman–Crippen MR) is 86.9 cm³/mol. The van der Waals surface area contributed by atoms with Gasteiger partial charge in [0.1, 0.15) is 11.5 Å². The minimum absolute atomic E-state index is 0.106. The van der Waals surface area contributed by atoms with Crippen LogP contribution < -0.4 is 9.47 Å². The van der Waals surface area contributed by atoms with Crippen LogP contribution in [0.15, 0.2) is 42.5 Å². The Labute approximate surface area is 127 Å². The average molecular weight is 283 g/mol. The molecule has 0 N–H and O–H groups in total. The second kappa shape index (κ2) is 7.72. The zero-order valence-electron chi connectivity index (χ0n) is 13.1. The van der Waals surface area contributed by atoms with Crippen LogP contribution in [0.2, 0.25) is 0 Å². The predicted octanol–water partition coefficient (Wildman–Crippen LogP) is 5.12. The van der Waals surface area contributed by atoms with Gasteiger partial charge >= 0.3 is 0 Å². The van der Waals surface area contributed by atoms with Crippen molar-refractivity contribution in [1.82, 2.24) is 0 Å². The number of rotatable bonds is 7. The quantitative estimate of drug-likeness (QED) is 0.657. The highest BCUT2D eigenvalue weighted by Crippen LogP contribution is 2.38. The highest BCUT2D eigenvalue weighted by Gasteiger charge is 2.14. The van der Waals surface area contributed by atoms with Gasteiger partial charge in [0.2, 0.25) is 0 Å². The molecule has 2 aromatic rings. The van der Waals surface area contributed by atoms with Crippen LogP contribution >= 0.6 is 0 Å². The molecule has 2 heteroatoms. The molecule has 0 heterocycles. The molecule has 21 heavy (non-hydrogen) atoms. The van der Waals surface area contributed by atoms with Crippen LogP contribution in [-0.2, 0) is 0 Å². The lowest BCUT2D eigenvalue weighted by Gasteiger charge is -2.18. The first-order chi connectivity index (χ1) is 10.2. The summed E-state index contributed by atoms with van der Waals surface area (Å²) >= 11 is 0. The van der Waals surface area contributed by atoms with E-state index in [1.165, 1.54) is 0 Å². The van der Waals surface area contributed by atoms with Crippen LogP contribution in [-0.4, -0.2) is 12.7 Å². The third-order valence-corrected chi connectivity index (χ3v) is 3.09. The summed E-state index contributed by atoms with van der Waals surface area (Å²) in [4.78, 5) is 0. The van der Waals surface area contributed by atoms with Crippen molar-refractivity contribution in [2.75, 3.05) is 6.61 Å². The molecule has 0 aliphatic heterocycles. The van der Waals surface area contributed by atoms with Crippen molar-refractivity contribution in [3.05, 3.63) is 48.5 Å². The Balaban J connectivity index is 2.39. The molecule has 1 radical (unpaired) electrons. The molecule has 0 amide bonds. The Morgan fingerprint density at radius 3 is 2.52 bits per heavy atom. The van der Waals surface area contributed by atoms with Crippen molar-refractivity contribution in [2.24, 2.45) is 0 Å². The number of ether oxygens (including phenoxy) is 2. The Morgan fingerprint density at radius 2 is 1.86 bits per heavy atom. The second-order valence-electron chi connectivity index (χ2n) is 5.28. The SMILES string of the molecule is CCCCOc1cc[c]c(OC(C)C)c1-c1ccccc1. The lowest BCUT2D eigenvalue weighted by atomic mass is 10.0. The van der Waals surface area contributed by atoms with Gasteiger partial charge in [0, 0.05) is 6.07 Å². The minimum Gasteiger partial charge on any atom is -0.493 e. The smallest absolute Gasteiger partial charge is 0.139 e. The minimum atomic E-state index is 0.106. The molecule has 0 spiro atoms. The Bertz CT molecular complexity index is 547. The lowest BCUT2D eigenvalue weighted by Crippen LogP contribution is -2.07. The highest BCUT2D eigenvalue weighted by molar-refractivity contribution is 5.76. The fourth-order valence-electron chi connectivity index (χ4n) is 2.11. The van der Waals surface area contributed by atoms with Gasteiger partial charge in [-0.2, -0.15) is 0 Å². The van der Waals surface area contributed by atoms with Gasteiger partial charge in [-0.3, -0.25) is 0 Å². The number of hydrogen-bond donors (Lipinski definition) is 0. The van der Waals surface area contributed by atoms with E-state index in [2.05, 4.69) is 25.1 Å². The number of benzene rings is 2. The van der Waals surface area contributed by atoms with E-state index >= 15 is 0 Å². The molecule has 0 aliphatic rings. The van der Waals surface area contributed by atoms with Crippen molar-refractivity contribution < 1.29 is 9.47 Å². The summed E-state index contributed by atoms with van der Waals surface area (Å²) in [5.41, 5.74) is 2.08. The Kier molecular flexibility index (Phi) is 5.68. The van der Waals surface area contributed by atoms with Gasteiger partial charge in [-0.05, 0) is 38.0 Å². The summed E-state index contributed by atoms with van der Waals surface area (Å²) in [6.07, 6.45) is 2.27. The van der Waals surface area contributed by atoms with E-state index in [-0.39, 0.29) is 6.10 Å². The maximum Gasteiger partial charge on any atom is 0.139 e. The molecule has 0 atom stereocenters. The van der Waals surface area contributed by atoms with Gasteiger partial charge in [0.25, 0.3) is 0 Å². The third kappa shape index (κ3) is 4.25. The lowest BCUT2D eigenvalue weighted by molar-refractivity contribution is 0.240. The molecular weight excluding hydrogens is 260 g/mol. The summed E-state index contributed by atoms with van der Waals surface area (Å²) in [6, 6.07) is 17.2. The fourth-order valence-corrected chi connectivity index (χ4v) is 2.11. The van der Waals surface area contributed by atoms with E-state index in [4.69, 9.17) is 9.47 Å². The first kappa shape index (κ1) is 15.4. The molecule has 0 fully saturated rings. The maximum absolute atomic E-state index is 5.95. The summed E-state index contributed by atoms with van der Waals surface area (Å²) in [5, 5.41) is 0. The fraction of sp³-hybridized carbons (Fsp3) is 0.368. The molecule has 2 aromatic carbocycles. The van der Waals surface area contributed by atoms with Crippen molar-refractivity contribution in [1.29, 1.82) is 0 Å². The molecule has 0 saturated heterocycles. The standard InChI is InChI=1S/C19H23O2/c1-4-5-14-20-17-12-9-13-18(21-15(2)3)19(17)16-10-7-6-8-11-16/h6-12,15H,4-5,14H2,1-3H3. The normalized spacial score (nSPS) is 10.7. The first-order valence-corrected chi connectivity index (χ1v) is 7.62. The summed E-state index contributed by atoms with van der Waals surface area (Å²) in [7, 11) is 0. The van der Waals surface area contributed by atoms with E-state index in [0.717, 1.165) is 42.1 Å². The van der Waals surface area contributed by atoms with Crippen LogP contribution in [0.5, 0.6) is 11.5 Å². The van der Waals surface area contributed by atoms with Crippen molar-refractivity contribution >= 4 is 0 Å². The van der Waals surface area contributed by atoms with Crippen molar-refractivity contribution in [3.63, 3.8) is 0 Å². The highest BCUT2D eigenvalue weighted by atomic mass is 16.5. The van der Waals surface area contributed by atoms with Crippen LogP contribution in [0.1, 0.15) is 33.6 Å². The topological polar surface area (TPSA) is 18.5 Å². The van der Waals surface area contributed by atoms with E-state index in [0.29, 0.717) is 0 Å². The summed E-state index contributed by atoms with van der Waals surface area (Å²) in [5.74, 6) is 1.62. The van der Waals surface area contributed by atoms with Gasteiger partial charge in [0.15, 0.2) is 0 Å². The summed E-state index contributed by atoms with van der Waals surface area (Å²) in [6.45, 7) is 6.93. The zero-order valence-corrected chi connectivity index (χ0v) is 13.1. The van der Waals surface area contributed by atoms with Crippen LogP contribution in [0.3, 0.4) is 0 Å². The first-order valence-electron chi connectivity index (χ1n) is 7.62. The van der Waals surface area contributed by atoms with Crippen LogP contribution in [0.25, 0.3) is 11.1 Å². The largest absolute Gasteiger partial charge is 0.493 e. The second-order valence-corrected chi connectivity index (χ2v) is 5.28. The molecule has 0 aliphatic carbocycles. The van der Waals surface area contributed by atoms with E-state index in [1.807, 2.05) is 44.2 Å². The summed E-state index contributed by atoms with van der Waals surface area (Å²) < 4.78 is 11.9. The van der Waals surface area contributed by atoms with Crippen LogP contribution in [0.4, 0.5) is 0 Å². The monoisotopic (exact) mass is 283 g/mol. The van der Waals surface area contributed by atoms with E-state index < -0.39 is 0 Å².